The Labute approximate surface area is 131 Å². The Morgan fingerprint density at radius 3 is 2.86 bits per heavy atom. The lowest BCUT2D eigenvalue weighted by Gasteiger charge is -2.19. The fourth-order valence-corrected chi connectivity index (χ4v) is 3.89. The molecule has 6 nitrogen and oxygen atoms in total. The van der Waals surface area contributed by atoms with Gasteiger partial charge in [-0.1, -0.05) is 17.8 Å². The van der Waals surface area contributed by atoms with E-state index in [2.05, 4.69) is 10.2 Å². The third-order valence-electron chi connectivity index (χ3n) is 3.45. The summed E-state index contributed by atoms with van der Waals surface area (Å²) in [5.74, 6) is 6.83. The molecule has 8 heteroatoms. The number of carbonyl (C=O) groups excluding carboxylic acids is 1. The average Bonchev–Trinajstić information content (AvgIpc) is 3.20. The van der Waals surface area contributed by atoms with Crippen LogP contribution >= 0.6 is 23.1 Å². The monoisotopic (exact) mass is 323 g/mol. The van der Waals surface area contributed by atoms with E-state index in [0.29, 0.717) is 11.0 Å². The molecule has 2 aromatic rings. The molecule has 1 fully saturated rings. The maximum Gasteiger partial charge on any atom is 0.235 e. The highest BCUT2D eigenvalue weighted by atomic mass is 32.2. The summed E-state index contributed by atoms with van der Waals surface area (Å²) in [4.78, 5) is 15.2. The van der Waals surface area contributed by atoms with E-state index < -0.39 is 0 Å². The van der Waals surface area contributed by atoms with E-state index in [1.54, 1.807) is 11.3 Å². The first-order valence-corrected chi connectivity index (χ1v) is 8.62. The van der Waals surface area contributed by atoms with Crippen LogP contribution in [0.2, 0.25) is 0 Å². The first-order chi connectivity index (χ1) is 10.2. The van der Waals surface area contributed by atoms with Crippen molar-refractivity contribution in [2.45, 2.75) is 30.2 Å². The van der Waals surface area contributed by atoms with Crippen LogP contribution in [0.1, 0.15) is 19.8 Å². The van der Waals surface area contributed by atoms with E-state index in [-0.39, 0.29) is 11.2 Å². The molecule has 0 unspecified atom stereocenters. The van der Waals surface area contributed by atoms with Crippen molar-refractivity contribution in [2.75, 3.05) is 18.9 Å². The van der Waals surface area contributed by atoms with Gasteiger partial charge in [-0.05, 0) is 31.2 Å². The largest absolute Gasteiger partial charge is 0.342 e. The van der Waals surface area contributed by atoms with Gasteiger partial charge in [-0.3, -0.25) is 4.79 Å². The summed E-state index contributed by atoms with van der Waals surface area (Å²) in [6.07, 6.45) is 2.19. The lowest BCUT2D eigenvalue weighted by molar-refractivity contribution is -0.129. The summed E-state index contributed by atoms with van der Waals surface area (Å²) < 4.78 is 1.46. The third kappa shape index (κ3) is 2.91. The zero-order valence-electron chi connectivity index (χ0n) is 11.7. The molecule has 2 aromatic heterocycles. The molecule has 0 spiro atoms. The van der Waals surface area contributed by atoms with E-state index >= 15 is 0 Å². The highest BCUT2D eigenvalue weighted by molar-refractivity contribution is 8.00. The minimum atomic E-state index is -0.203. The van der Waals surface area contributed by atoms with Gasteiger partial charge in [0.2, 0.25) is 11.1 Å². The summed E-state index contributed by atoms with van der Waals surface area (Å²) in [5, 5.41) is 10.6. The molecule has 112 valence electrons. The topological polar surface area (TPSA) is 77.0 Å². The van der Waals surface area contributed by atoms with Crippen LogP contribution in [0.4, 0.5) is 0 Å². The second kappa shape index (κ2) is 6.07. The first-order valence-electron chi connectivity index (χ1n) is 6.86. The third-order valence-corrected chi connectivity index (χ3v) is 5.36. The van der Waals surface area contributed by atoms with Crippen LogP contribution in [0.15, 0.2) is 22.7 Å². The molecule has 2 N–H and O–H groups in total. The van der Waals surface area contributed by atoms with Crippen LogP contribution in [0.5, 0.6) is 0 Å². The van der Waals surface area contributed by atoms with Crippen LogP contribution in [-0.2, 0) is 4.79 Å². The number of hydrogen-bond donors (Lipinski definition) is 1. The van der Waals surface area contributed by atoms with Gasteiger partial charge < -0.3 is 10.7 Å². The molecule has 21 heavy (non-hydrogen) atoms. The van der Waals surface area contributed by atoms with E-state index in [4.69, 9.17) is 5.84 Å². The highest BCUT2D eigenvalue weighted by Gasteiger charge is 2.26. The predicted molar refractivity (Wildman–Crippen MR) is 84.6 cm³/mol. The minimum absolute atomic E-state index is 0.151. The van der Waals surface area contributed by atoms with Crippen molar-refractivity contribution in [3.63, 3.8) is 0 Å². The highest BCUT2D eigenvalue weighted by Crippen LogP contribution is 2.28. The number of likely N-dealkylation sites (tertiary alicyclic amines) is 1. The molecule has 1 saturated heterocycles. The molecular weight excluding hydrogens is 306 g/mol. The molecule has 1 aliphatic rings. The number of amides is 1. The first kappa shape index (κ1) is 14.4. The maximum absolute atomic E-state index is 12.3. The van der Waals surface area contributed by atoms with E-state index in [1.807, 2.05) is 29.3 Å². The molecule has 0 aromatic carbocycles. The summed E-state index contributed by atoms with van der Waals surface area (Å²) in [5.41, 5.74) is 0. The van der Waals surface area contributed by atoms with E-state index in [9.17, 15) is 4.79 Å². The average molecular weight is 323 g/mol. The zero-order valence-corrected chi connectivity index (χ0v) is 13.4. The summed E-state index contributed by atoms with van der Waals surface area (Å²) in [7, 11) is 0. The number of nitrogens with zero attached hydrogens (tertiary/aromatic N) is 4. The van der Waals surface area contributed by atoms with Crippen LogP contribution in [0.3, 0.4) is 0 Å². The van der Waals surface area contributed by atoms with Crippen LogP contribution in [0, 0.1) is 0 Å². The van der Waals surface area contributed by atoms with Crippen molar-refractivity contribution in [2.24, 2.45) is 0 Å². The number of thiophene rings is 1. The Kier molecular flexibility index (Phi) is 4.16. The van der Waals surface area contributed by atoms with Gasteiger partial charge >= 0.3 is 0 Å². The number of nitrogens with two attached hydrogens (primary N) is 1. The Morgan fingerprint density at radius 2 is 2.19 bits per heavy atom. The zero-order chi connectivity index (χ0) is 14.8. The number of nitrogen functional groups attached to an aromatic ring is 1. The van der Waals surface area contributed by atoms with Crippen molar-refractivity contribution < 1.29 is 4.79 Å². The molecule has 3 rings (SSSR count). The molecule has 3 heterocycles. The summed E-state index contributed by atoms with van der Waals surface area (Å²) >= 11 is 2.92. The molecule has 1 aliphatic heterocycles. The van der Waals surface area contributed by atoms with Gasteiger partial charge in [0.1, 0.15) is 0 Å². The summed E-state index contributed by atoms with van der Waals surface area (Å²) in [6, 6.07) is 3.90. The smallest absolute Gasteiger partial charge is 0.235 e. The van der Waals surface area contributed by atoms with Crippen molar-refractivity contribution in [1.82, 2.24) is 19.8 Å². The van der Waals surface area contributed by atoms with Gasteiger partial charge in [0.15, 0.2) is 5.82 Å². The van der Waals surface area contributed by atoms with Crippen LogP contribution in [-0.4, -0.2) is 44.0 Å². The Bertz CT molecular complexity index is 619. The Hall–Kier alpha value is -1.54. The van der Waals surface area contributed by atoms with Crippen LogP contribution < -0.4 is 5.84 Å². The number of hydrogen-bond acceptors (Lipinski definition) is 6. The molecule has 1 amide bonds. The Morgan fingerprint density at radius 1 is 1.43 bits per heavy atom. The van der Waals surface area contributed by atoms with Gasteiger partial charge in [-0.2, -0.15) is 0 Å². The van der Waals surface area contributed by atoms with Crippen molar-refractivity contribution in [3.05, 3.63) is 17.5 Å². The molecule has 0 aliphatic carbocycles. The van der Waals surface area contributed by atoms with Gasteiger partial charge in [0, 0.05) is 13.1 Å². The second-order valence-electron chi connectivity index (χ2n) is 4.95. The van der Waals surface area contributed by atoms with Gasteiger partial charge in [0.05, 0.1) is 10.1 Å². The van der Waals surface area contributed by atoms with Crippen molar-refractivity contribution in [3.8, 4) is 10.7 Å². The van der Waals surface area contributed by atoms with Crippen molar-refractivity contribution in [1.29, 1.82) is 0 Å². The number of carbonyl (C=O) groups is 1. The number of rotatable bonds is 4. The Balaban J connectivity index is 1.71. The molecular formula is C13H17N5OS2. The lowest BCUT2D eigenvalue weighted by atomic mass is 10.4. The van der Waals surface area contributed by atoms with E-state index in [1.165, 1.54) is 16.4 Å². The SMILES string of the molecule is C[C@H](Sc1nnc(-c2cccs2)n1N)C(=O)N1CCCC1. The van der Waals surface area contributed by atoms with Gasteiger partial charge in [-0.15, -0.1) is 21.5 Å². The fourth-order valence-electron chi connectivity index (χ4n) is 2.33. The standard InChI is InChI=1S/C13H17N5OS2/c1-9(12(19)17-6-2-3-7-17)21-13-16-15-11(18(13)14)10-5-4-8-20-10/h4-5,8-9H,2-3,6-7,14H2,1H3/t9-/m0/s1. The van der Waals surface area contributed by atoms with Crippen molar-refractivity contribution >= 4 is 29.0 Å². The number of aromatic nitrogens is 3. The van der Waals surface area contributed by atoms with Gasteiger partial charge in [0.25, 0.3) is 0 Å². The molecule has 0 saturated carbocycles. The molecule has 1 atom stereocenters. The summed E-state index contributed by atoms with van der Waals surface area (Å²) in [6.45, 7) is 3.61. The quantitative estimate of drug-likeness (QED) is 0.686. The van der Waals surface area contributed by atoms with Crippen LogP contribution in [0.25, 0.3) is 10.7 Å². The minimum Gasteiger partial charge on any atom is -0.342 e. The van der Waals surface area contributed by atoms with Gasteiger partial charge in [-0.25, -0.2) is 4.68 Å². The fraction of sp³-hybridized carbons (Fsp3) is 0.462. The number of thioether (sulfide) groups is 1. The molecule has 0 radical (unpaired) electrons. The normalized spacial score (nSPS) is 16.3. The predicted octanol–water partition coefficient (Wildman–Crippen LogP) is 1.82. The lowest BCUT2D eigenvalue weighted by Crippen LogP contribution is -2.34. The molecule has 0 bridgehead atoms. The maximum atomic E-state index is 12.3. The second-order valence-corrected chi connectivity index (χ2v) is 7.20. The van der Waals surface area contributed by atoms with E-state index in [0.717, 1.165) is 30.8 Å².